The van der Waals surface area contributed by atoms with E-state index in [4.69, 9.17) is 0 Å². The molecule has 0 spiro atoms. The van der Waals surface area contributed by atoms with Crippen LogP contribution in [0, 0.1) is 11.3 Å². The van der Waals surface area contributed by atoms with Crippen molar-refractivity contribution >= 4 is 24.2 Å². The highest BCUT2D eigenvalue weighted by molar-refractivity contribution is 5.87. The number of nitrogens with zero attached hydrogens (tertiary/aromatic N) is 1. The second kappa shape index (κ2) is 8.47. The van der Waals surface area contributed by atoms with Gasteiger partial charge in [0.05, 0.1) is 6.54 Å². The lowest BCUT2D eigenvalue weighted by molar-refractivity contribution is -0.136. The summed E-state index contributed by atoms with van der Waals surface area (Å²) in [6.07, 6.45) is 2.21. The molecule has 1 fully saturated rings. The van der Waals surface area contributed by atoms with Gasteiger partial charge in [-0.25, -0.2) is 0 Å². The molecule has 5 nitrogen and oxygen atoms in total. The molecule has 0 aliphatic carbocycles. The maximum absolute atomic E-state index is 12.1. The molecule has 1 rings (SSSR count). The number of halogens is 1. The predicted molar refractivity (Wildman–Crippen MR) is 82.9 cm³/mol. The largest absolute Gasteiger partial charge is 0.347 e. The third-order valence-corrected chi connectivity index (χ3v) is 3.45. The molecule has 0 aromatic carbocycles. The number of likely N-dealkylation sites (tertiary alicyclic amines) is 1. The highest BCUT2D eigenvalue weighted by Gasteiger charge is 2.25. The van der Waals surface area contributed by atoms with Crippen molar-refractivity contribution in [2.24, 2.45) is 11.3 Å². The van der Waals surface area contributed by atoms with E-state index in [2.05, 4.69) is 10.6 Å². The van der Waals surface area contributed by atoms with Crippen LogP contribution >= 0.6 is 12.4 Å². The van der Waals surface area contributed by atoms with Gasteiger partial charge in [-0.05, 0) is 32.4 Å². The molecule has 0 radical (unpaired) electrons. The van der Waals surface area contributed by atoms with Gasteiger partial charge in [0.15, 0.2) is 0 Å². The van der Waals surface area contributed by atoms with Crippen LogP contribution in [-0.2, 0) is 9.59 Å². The summed E-state index contributed by atoms with van der Waals surface area (Å²) in [5, 5.41) is 5.88. The normalized spacial score (nSPS) is 19.2. The van der Waals surface area contributed by atoms with Gasteiger partial charge >= 0.3 is 0 Å². The molecule has 0 aromatic heterocycles. The number of nitrogens with one attached hydrogen (secondary N) is 2. The molecule has 20 heavy (non-hydrogen) atoms. The Bertz CT molecular complexity index is 327. The first-order valence-corrected chi connectivity index (χ1v) is 7.05. The summed E-state index contributed by atoms with van der Waals surface area (Å²) in [6, 6.07) is 0. The van der Waals surface area contributed by atoms with Crippen LogP contribution in [0.15, 0.2) is 0 Å². The van der Waals surface area contributed by atoms with Crippen LogP contribution in [0.3, 0.4) is 0 Å². The smallest absolute Gasteiger partial charge is 0.241 e. The number of carbonyl (C=O) groups excluding carboxylic acids is 2. The fourth-order valence-corrected chi connectivity index (χ4v) is 2.28. The summed E-state index contributed by atoms with van der Waals surface area (Å²) in [7, 11) is 1.93. The van der Waals surface area contributed by atoms with Crippen LogP contribution < -0.4 is 10.6 Å². The molecule has 2 amide bonds. The zero-order chi connectivity index (χ0) is 14.5. The molecule has 0 bridgehead atoms. The molecule has 1 unspecified atom stereocenters. The van der Waals surface area contributed by atoms with Gasteiger partial charge in [0.2, 0.25) is 11.8 Å². The summed E-state index contributed by atoms with van der Waals surface area (Å²) < 4.78 is 0. The highest BCUT2D eigenvalue weighted by Crippen LogP contribution is 2.16. The van der Waals surface area contributed by atoms with Crippen LogP contribution in [0.5, 0.6) is 0 Å². The van der Waals surface area contributed by atoms with Gasteiger partial charge in [-0.15, -0.1) is 12.4 Å². The van der Waals surface area contributed by atoms with Crippen LogP contribution in [0.25, 0.3) is 0 Å². The van der Waals surface area contributed by atoms with E-state index in [1.54, 1.807) is 0 Å². The summed E-state index contributed by atoms with van der Waals surface area (Å²) in [4.78, 5) is 25.7. The molecule has 1 aliphatic heterocycles. The van der Waals surface area contributed by atoms with Crippen LogP contribution in [0.4, 0.5) is 0 Å². The van der Waals surface area contributed by atoms with Crippen molar-refractivity contribution in [1.29, 1.82) is 0 Å². The molecule has 6 heteroatoms. The van der Waals surface area contributed by atoms with Crippen molar-refractivity contribution < 1.29 is 9.59 Å². The van der Waals surface area contributed by atoms with E-state index in [0.717, 1.165) is 26.1 Å². The fourth-order valence-electron chi connectivity index (χ4n) is 2.28. The maximum atomic E-state index is 12.1. The van der Waals surface area contributed by atoms with Crippen molar-refractivity contribution in [3.05, 3.63) is 0 Å². The standard InChI is InChI=1S/C14H27N3O2.ClH/c1-14(2,3)13(19)16-9-12(18)17-7-5-6-11(10-17)8-15-4;/h11,15H,5-10H2,1-4H3,(H,16,19);1H. The molecule has 2 N–H and O–H groups in total. The van der Waals surface area contributed by atoms with Gasteiger partial charge in [0.1, 0.15) is 0 Å². The minimum atomic E-state index is -0.448. The van der Waals surface area contributed by atoms with Crippen molar-refractivity contribution in [3.8, 4) is 0 Å². The maximum Gasteiger partial charge on any atom is 0.241 e. The Morgan fingerprint density at radius 1 is 1.30 bits per heavy atom. The van der Waals surface area contributed by atoms with Gasteiger partial charge in [-0.1, -0.05) is 20.8 Å². The second-order valence-electron chi connectivity index (χ2n) is 6.34. The Morgan fingerprint density at radius 3 is 2.50 bits per heavy atom. The van der Waals surface area contributed by atoms with Gasteiger partial charge < -0.3 is 15.5 Å². The van der Waals surface area contributed by atoms with Gasteiger partial charge in [0.25, 0.3) is 0 Å². The minimum Gasteiger partial charge on any atom is -0.347 e. The quantitative estimate of drug-likeness (QED) is 0.815. The van der Waals surface area contributed by atoms with E-state index in [1.807, 2.05) is 32.7 Å². The lowest BCUT2D eigenvalue weighted by atomic mass is 9.95. The third-order valence-electron chi connectivity index (χ3n) is 3.45. The summed E-state index contributed by atoms with van der Waals surface area (Å²) in [5.41, 5.74) is -0.448. The lowest BCUT2D eigenvalue weighted by Crippen LogP contribution is -2.47. The number of rotatable bonds is 4. The van der Waals surface area contributed by atoms with E-state index in [-0.39, 0.29) is 30.8 Å². The average molecular weight is 306 g/mol. The number of hydrogen-bond acceptors (Lipinski definition) is 3. The Labute approximate surface area is 128 Å². The molecule has 0 saturated carbocycles. The van der Waals surface area contributed by atoms with E-state index in [1.165, 1.54) is 6.42 Å². The lowest BCUT2D eigenvalue weighted by Gasteiger charge is -2.33. The van der Waals surface area contributed by atoms with Crippen LogP contribution in [-0.4, -0.2) is 49.9 Å². The fraction of sp³-hybridized carbons (Fsp3) is 0.857. The van der Waals surface area contributed by atoms with E-state index in [9.17, 15) is 9.59 Å². The zero-order valence-corrected chi connectivity index (χ0v) is 13.8. The molecule has 1 atom stereocenters. The Hall–Kier alpha value is -0.810. The van der Waals surface area contributed by atoms with Crippen molar-refractivity contribution in [2.45, 2.75) is 33.6 Å². The molecular weight excluding hydrogens is 278 g/mol. The molecule has 1 heterocycles. The first kappa shape index (κ1) is 19.2. The van der Waals surface area contributed by atoms with Gasteiger partial charge in [-0.3, -0.25) is 9.59 Å². The number of amides is 2. The number of piperidine rings is 1. The van der Waals surface area contributed by atoms with Crippen molar-refractivity contribution in [3.63, 3.8) is 0 Å². The summed E-state index contributed by atoms with van der Waals surface area (Å²) >= 11 is 0. The molecule has 0 aromatic rings. The SMILES string of the molecule is CNCC1CCCN(C(=O)CNC(=O)C(C)(C)C)C1.Cl. The van der Waals surface area contributed by atoms with E-state index >= 15 is 0 Å². The predicted octanol–water partition coefficient (Wildman–Crippen LogP) is 1.03. The van der Waals surface area contributed by atoms with Gasteiger partial charge in [0, 0.05) is 18.5 Å². The van der Waals surface area contributed by atoms with Gasteiger partial charge in [-0.2, -0.15) is 0 Å². The molecular formula is C14H28ClN3O2. The number of carbonyl (C=O) groups is 2. The first-order chi connectivity index (χ1) is 8.84. The molecule has 1 saturated heterocycles. The minimum absolute atomic E-state index is 0. The monoisotopic (exact) mass is 305 g/mol. The first-order valence-electron chi connectivity index (χ1n) is 7.05. The zero-order valence-electron chi connectivity index (χ0n) is 13.0. The Balaban J connectivity index is 0.00000361. The van der Waals surface area contributed by atoms with Crippen LogP contribution in [0.1, 0.15) is 33.6 Å². The second-order valence-corrected chi connectivity index (χ2v) is 6.34. The molecule has 1 aliphatic rings. The highest BCUT2D eigenvalue weighted by atomic mass is 35.5. The summed E-state index contributed by atoms with van der Waals surface area (Å²) in [6.45, 7) is 8.19. The van der Waals surface area contributed by atoms with E-state index in [0.29, 0.717) is 5.92 Å². The topological polar surface area (TPSA) is 61.4 Å². The third kappa shape index (κ3) is 6.09. The average Bonchev–Trinajstić information content (AvgIpc) is 2.35. The van der Waals surface area contributed by atoms with Crippen LogP contribution in [0.2, 0.25) is 0 Å². The van der Waals surface area contributed by atoms with Crippen molar-refractivity contribution in [1.82, 2.24) is 15.5 Å². The van der Waals surface area contributed by atoms with Crippen molar-refractivity contribution in [2.75, 3.05) is 33.2 Å². The Kier molecular flexibility index (Phi) is 8.13. The Morgan fingerprint density at radius 2 is 1.95 bits per heavy atom. The molecule has 118 valence electrons. The summed E-state index contributed by atoms with van der Waals surface area (Å²) in [5.74, 6) is 0.476. The number of hydrogen-bond donors (Lipinski definition) is 2. The van der Waals surface area contributed by atoms with E-state index < -0.39 is 5.41 Å².